The van der Waals surface area contributed by atoms with Gasteiger partial charge in [0.1, 0.15) is 17.4 Å². The lowest BCUT2D eigenvalue weighted by Gasteiger charge is -2.42. The Morgan fingerprint density at radius 3 is 2.73 bits per heavy atom. The van der Waals surface area contributed by atoms with Crippen LogP contribution in [-0.4, -0.2) is 42.0 Å². The largest absolute Gasteiger partial charge is 0.479 e. The first kappa shape index (κ1) is 33.9. The van der Waals surface area contributed by atoms with Crippen LogP contribution in [0.1, 0.15) is 74.5 Å². The number of ketones is 1. The van der Waals surface area contributed by atoms with Crippen molar-refractivity contribution in [2.75, 3.05) is 30.4 Å². The van der Waals surface area contributed by atoms with E-state index < -0.39 is 5.54 Å². The average Bonchev–Trinajstić information content (AvgIpc) is 3.24. The highest BCUT2D eigenvalue weighted by Crippen LogP contribution is 2.47. The molecule has 0 bridgehead atoms. The number of anilines is 2. The molecule has 0 radical (unpaired) electrons. The van der Waals surface area contributed by atoms with Gasteiger partial charge >= 0.3 is 0 Å². The molecular formula is C43H45N5O3. The first-order valence-corrected chi connectivity index (χ1v) is 18.0. The number of allylic oxidation sites excluding steroid dienone is 3. The Balaban J connectivity index is 1.23. The molecule has 1 amide bonds. The summed E-state index contributed by atoms with van der Waals surface area (Å²) in [6, 6.07) is 22.5. The van der Waals surface area contributed by atoms with E-state index in [0.717, 1.165) is 67.7 Å². The van der Waals surface area contributed by atoms with Gasteiger partial charge in [-0.3, -0.25) is 9.59 Å². The zero-order valence-corrected chi connectivity index (χ0v) is 29.5. The number of nitrogens with one attached hydrogen (secondary N) is 2. The molecule has 7 rings (SSSR count). The van der Waals surface area contributed by atoms with Gasteiger partial charge in [-0.1, -0.05) is 49.1 Å². The number of benzene rings is 3. The van der Waals surface area contributed by atoms with Crippen LogP contribution in [0.3, 0.4) is 0 Å². The molecule has 2 heterocycles. The third kappa shape index (κ3) is 6.81. The van der Waals surface area contributed by atoms with Crippen molar-refractivity contribution in [3.05, 3.63) is 102 Å². The summed E-state index contributed by atoms with van der Waals surface area (Å²) in [4.78, 5) is 27.5. The molecule has 3 aromatic carbocycles. The zero-order valence-electron chi connectivity index (χ0n) is 29.5. The van der Waals surface area contributed by atoms with Gasteiger partial charge in [-0.15, -0.1) is 0 Å². The maximum Gasteiger partial charge on any atom is 0.250 e. The number of carbonyl (C=O) groups excluding carboxylic acids is 2. The number of aromatic nitrogens is 1. The monoisotopic (exact) mass is 679 g/mol. The van der Waals surface area contributed by atoms with Crippen LogP contribution in [0, 0.1) is 11.3 Å². The SMILES string of the molecule is C=C(NC1(C(=O)Nc2cccc(/C=C/C(C)=O)c2)CCC1)c1ccc2c(C3CC=CCCC3)c3n(c2c1)CCN(C)c1cc(OCC#N)ccc1-3. The van der Waals surface area contributed by atoms with Crippen LogP contribution in [-0.2, 0) is 16.1 Å². The second kappa shape index (κ2) is 14.4. The second-order valence-corrected chi connectivity index (χ2v) is 14.1. The maximum absolute atomic E-state index is 13.8. The average molecular weight is 680 g/mol. The van der Waals surface area contributed by atoms with Crippen LogP contribution in [0.4, 0.5) is 11.4 Å². The molecule has 4 aromatic rings. The molecular weight excluding hydrogens is 635 g/mol. The van der Waals surface area contributed by atoms with E-state index in [2.05, 4.69) is 82.3 Å². The lowest BCUT2D eigenvalue weighted by atomic mass is 9.75. The minimum absolute atomic E-state index is 0.0130. The summed E-state index contributed by atoms with van der Waals surface area (Å²) >= 11 is 0. The molecule has 3 aliphatic rings. The standard InChI is InChI=1S/C43H45N5O3/c1-29(49)14-15-31-10-8-13-34(26-31)45-42(50)43(20-9-21-43)46-30(2)33-16-18-36-39(27-33)48-24-23-47(3)38-28-35(51-25-22-44)17-19-37(38)41(48)40(36)32-11-6-4-5-7-12-32/h4,6,8,10,13-19,26-28,32,46H,2,5,7,9,11-12,20-21,23-25H2,1,3H3,(H,45,50)/b15-14+. The van der Waals surface area contributed by atoms with Crippen LogP contribution in [0.15, 0.2) is 85.5 Å². The number of hydrogen-bond donors (Lipinski definition) is 2. The Labute approximate surface area is 300 Å². The van der Waals surface area contributed by atoms with E-state index in [9.17, 15) is 9.59 Å². The zero-order chi connectivity index (χ0) is 35.5. The normalized spacial score (nSPS) is 17.7. The second-order valence-electron chi connectivity index (χ2n) is 14.1. The summed E-state index contributed by atoms with van der Waals surface area (Å²) in [6.45, 7) is 7.62. The molecule has 0 spiro atoms. The van der Waals surface area contributed by atoms with Crippen LogP contribution >= 0.6 is 0 Å². The number of carbonyl (C=O) groups is 2. The molecule has 51 heavy (non-hydrogen) atoms. The quantitative estimate of drug-likeness (QED) is 0.129. The maximum atomic E-state index is 13.8. The van der Waals surface area contributed by atoms with E-state index in [1.807, 2.05) is 30.3 Å². The molecule has 1 aliphatic heterocycles. The van der Waals surface area contributed by atoms with Crippen LogP contribution < -0.4 is 20.3 Å². The highest BCUT2D eigenvalue weighted by Gasteiger charge is 2.44. The van der Waals surface area contributed by atoms with Gasteiger partial charge in [-0.25, -0.2) is 0 Å². The number of nitrogens with zero attached hydrogens (tertiary/aromatic N) is 3. The van der Waals surface area contributed by atoms with E-state index in [-0.39, 0.29) is 18.3 Å². The number of ether oxygens (including phenoxy) is 1. The van der Waals surface area contributed by atoms with Gasteiger partial charge in [0.05, 0.1) is 5.69 Å². The predicted molar refractivity (Wildman–Crippen MR) is 206 cm³/mol. The fourth-order valence-electron chi connectivity index (χ4n) is 7.83. The number of amides is 1. The molecule has 260 valence electrons. The van der Waals surface area contributed by atoms with Gasteiger partial charge in [0.25, 0.3) is 0 Å². The molecule has 1 unspecified atom stereocenters. The van der Waals surface area contributed by atoms with Crippen LogP contribution in [0.5, 0.6) is 5.75 Å². The Morgan fingerprint density at radius 2 is 1.94 bits per heavy atom. The van der Waals surface area contributed by atoms with Crippen molar-refractivity contribution in [3.8, 4) is 23.1 Å². The number of rotatable bonds is 10. The van der Waals surface area contributed by atoms with Crippen molar-refractivity contribution in [1.82, 2.24) is 9.88 Å². The van der Waals surface area contributed by atoms with Gasteiger partial charge in [-0.05, 0) is 111 Å². The van der Waals surface area contributed by atoms with Crippen LogP contribution in [0.2, 0.25) is 0 Å². The Morgan fingerprint density at radius 1 is 1.08 bits per heavy atom. The molecule has 1 aromatic heterocycles. The molecule has 8 heteroatoms. The first-order chi connectivity index (χ1) is 24.8. The first-order valence-electron chi connectivity index (χ1n) is 18.0. The van der Waals surface area contributed by atoms with Gasteiger partial charge in [0.2, 0.25) is 5.91 Å². The van der Waals surface area contributed by atoms with Crippen molar-refractivity contribution in [2.45, 2.75) is 69.9 Å². The van der Waals surface area contributed by atoms with Crippen molar-refractivity contribution in [3.63, 3.8) is 0 Å². The fourth-order valence-corrected chi connectivity index (χ4v) is 7.83. The number of nitriles is 1. The summed E-state index contributed by atoms with van der Waals surface area (Å²) in [6.07, 6.45) is 14.7. The Bertz CT molecular complexity index is 2110. The van der Waals surface area contributed by atoms with Gasteiger partial charge in [0, 0.05) is 59.7 Å². The topological polar surface area (TPSA) is 99.4 Å². The van der Waals surface area contributed by atoms with Gasteiger partial charge < -0.3 is 24.8 Å². The highest BCUT2D eigenvalue weighted by atomic mass is 16.5. The molecule has 1 fully saturated rings. The van der Waals surface area contributed by atoms with Crippen molar-refractivity contribution < 1.29 is 14.3 Å². The molecule has 0 saturated heterocycles. The molecule has 1 saturated carbocycles. The minimum Gasteiger partial charge on any atom is -0.479 e. The number of likely N-dealkylation sites (N-methyl/N-ethyl adjacent to an activating group) is 1. The van der Waals surface area contributed by atoms with Gasteiger partial charge in [-0.2, -0.15) is 5.26 Å². The van der Waals surface area contributed by atoms with E-state index in [4.69, 9.17) is 10.00 Å². The molecule has 2 N–H and O–H groups in total. The minimum atomic E-state index is -0.752. The highest BCUT2D eigenvalue weighted by molar-refractivity contribution is 6.01. The summed E-state index contributed by atoms with van der Waals surface area (Å²) in [5, 5.41) is 17.1. The molecule has 1 atom stereocenters. The van der Waals surface area contributed by atoms with E-state index >= 15 is 0 Å². The van der Waals surface area contributed by atoms with E-state index in [0.29, 0.717) is 30.2 Å². The molecule has 8 nitrogen and oxygen atoms in total. The smallest absolute Gasteiger partial charge is 0.250 e. The summed E-state index contributed by atoms with van der Waals surface area (Å²) < 4.78 is 8.21. The van der Waals surface area contributed by atoms with Crippen molar-refractivity contribution in [1.29, 1.82) is 5.26 Å². The number of fused-ring (bicyclic) bond motifs is 5. The van der Waals surface area contributed by atoms with Crippen LogP contribution in [0.25, 0.3) is 33.9 Å². The lowest BCUT2D eigenvalue weighted by Crippen LogP contribution is -2.58. The number of hydrogen-bond acceptors (Lipinski definition) is 6. The third-order valence-corrected chi connectivity index (χ3v) is 10.7. The predicted octanol–water partition coefficient (Wildman–Crippen LogP) is 8.60. The Hall–Kier alpha value is -5.55. The third-order valence-electron chi connectivity index (χ3n) is 10.7. The van der Waals surface area contributed by atoms with Crippen molar-refractivity contribution >= 4 is 45.7 Å². The summed E-state index contributed by atoms with van der Waals surface area (Å²) in [5.74, 6) is 0.976. The lowest BCUT2D eigenvalue weighted by molar-refractivity contribution is -0.125. The fraction of sp³-hybridized carbons (Fsp3) is 0.326. The van der Waals surface area contributed by atoms with E-state index in [1.54, 1.807) is 6.08 Å². The summed E-state index contributed by atoms with van der Waals surface area (Å²) in [7, 11) is 2.12. The Kier molecular flexibility index (Phi) is 9.55. The van der Waals surface area contributed by atoms with Crippen molar-refractivity contribution in [2.24, 2.45) is 0 Å². The summed E-state index contributed by atoms with van der Waals surface area (Å²) in [5.41, 5.74) is 8.56. The van der Waals surface area contributed by atoms with Gasteiger partial charge in [0.15, 0.2) is 12.4 Å². The molecule has 2 aliphatic carbocycles. The van der Waals surface area contributed by atoms with E-state index in [1.165, 1.54) is 40.7 Å².